The number of aromatic nitrogens is 1. The molecule has 8 heteroatoms. The number of nitrogens with zero attached hydrogens (tertiary/aromatic N) is 3. The second-order valence-electron chi connectivity index (χ2n) is 14.0. The molecule has 4 aromatic heterocycles. The van der Waals surface area contributed by atoms with Crippen LogP contribution in [0, 0.1) is 0 Å². The predicted octanol–water partition coefficient (Wildman–Crippen LogP) is 12.2. The van der Waals surface area contributed by atoms with E-state index in [1.54, 1.807) is 40.9 Å². The highest BCUT2D eigenvalue weighted by Gasteiger charge is 2.45. The van der Waals surface area contributed by atoms with Crippen molar-refractivity contribution in [1.29, 1.82) is 0 Å². The third kappa shape index (κ3) is 4.04. The highest BCUT2D eigenvalue weighted by Crippen LogP contribution is 2.49. The minimum Gasteiger partial charge on any atom is -0.299 e. The number of anilines is 2. The van der Waals surface area contributed by atoms with Gasteiger partial charge in [0, 0.05) is 43.3 Å². The van der Waals surface area contributed by atoms with Gasteiger partial charge in [-0.3, -0.25) is 14.0 Å². The van der Waals surface area contributed by atoms with Crippen molar-refractivity contribution in [2.24, 2.45) is 0 Å². The lowest BCUT2D eigenvalue weighted by Crippen LogP contribution is -2.57. The highest BCUT2D eigenvalue weighted by molar-refractivity contribution is 7.32. The molecule has 0 radical (unpaired) electrons. The van der Waals surface area contributed by atoms with Gasteiger partial charge in [0.25, 0.3) is 11.8 Å². The number of fused-ring (bicyclic) bond motifs is 10. The number of urea groups is 1. The molecule has 55 heavy (non-hydrogen) atoms. The molecular formula is C47H25N3O3S2. The van der Waals surface area contributed by atoms with E-state index in [2.05, 4.69) is 59.0 Å². The normalized spacial score (nSPS) is 14.2. The molecule has 1 aliphatic heterocycles. The fraction of sp³-hybridized carbons (Fsp3) is 0. The topological polar surface area (TPSA) is 62.1 Å². The molecule has 1 aliphatic rings. The zero-order valence-electron chi connectivity index (χ0n) is 28.8. The Labute approximate surface area is 320 Å². The average molecular weight is 744 g/mol. The fourth-order valence-electron chi connectivity index (χ4n) is 8.74. The summed E-state index contributed by atoms with van der Waals surface area (Å²) >= 11 is 3.29. The van der Waals surface area contributed by atoms with E-state index in [4.69, 9.17) is 0 Å². The van der Waals surface area contributed by atoms with E-state index in [-0.39, 0.29) is 5.57 Å². The minimum absolute atomic E-state index is 0.0780. The van der Waals surface area contributed by atoms with E-state index < -0.39 is 17.8 Å². The fourth-order valence-corrected chi connectivity index (χ4v) is 11.3. The molecule has 0 aliphatic carbocycles. The number of hydrogen-bond acceptors (Lipinski definition) is 5. The second-order valence-corrected chi connectivity index (χ2v) is 15.8. The second kappa shape index (κ2) is 11.1. The molecule has 1 fully saturated rings. The Hall–Kier alpha value is -6.87. The van der Waals surface area contributed by atoms with Crippen molar-refractivity contribution in [3.63, 3.8) is 0 Å². The van der Waals surface area contributed by atoms with Crippen LogP contribution in [0.25, 0.3) is 85.2 Å². The Morgan fingerprint density at radius 1 is 0.491 bits per heavy atom. The number of para-hydroxylation sites is 1. The van der Waals surface area contributed by atoms with Gasteiger partial charge in [0.1, 0.15) is 10.4 Å². The number of benzene rings is 7. The third-order valence-corrected chi connectivity index (χ3v) is 13.5. The Balaban J connectivity index is 1.13. The quantitative estimate of drug-likeness (QED) is 0.134. The van der Waals surface area contributed by atoms with Crippen LogP contribution in [-0.4, -0.2) is 22.2 Å². The first-order chi connectivity index (χ1) is 27.1. The Morgan fingerprint density at radius 2 is 1.07 bits per heavy atom. The van der Waals surface area contributed by atoms with Crippen molar-refractivity contribution < 1.29 is 14.4 Å². The summed E-state index contributed by atoms with van der Waals surface area (Å²) in [6.45, 7) is 0. The Kier molecular flexibility index (Phi) is 6.16. The van der Waals surface area contributed by atoms with Gasteiger partial charge in [-0.15, -0.1) is 22.7 Å². The van der Waals surface area contributed by atoms with Gasteiger partial charge < -0.3 is 0 Å². The maximum Gasteiger partial charge on any atom is 0.343 e. The molecule has 11 aromatic rings. The van der Waals surface area contributed by atoms with Crippen LogP contribution >= 0.6 is 22.7 Å². The molecule has 5 heterocycles. The van der Waals surface area contributed by atoms with E-state index in [0.29, 0.717) is 11.4 Å². The van der Waals surface area contributed by atoms with Gasteiger partial charge in [-0.25, -0.2) is 14.6 Å². The van der Waals surface area contributed by atoms with E-state index in [0.717, 1.165) is 52.2 Å². The molecule has 7 aromatic carbocycles. The smallest absolute Gasteiger partial charge is 0.299 e. The molecule has 4 amide bonds. The summed E-state index contributed by atoms with van der Waals surface area (Å²) in [5, 5.41) is 12.4. The highest BCUT2D eigenvalue weighted by atomic mass is 32.1. The van der Waals surface area contributed by atoms with Gasteiger partial charge in [-0.05, 0) is 45.8 Å². The SMILES string of the molecule is O=C1C(=Cc2csc3c2sc2c3c3cccc4ccc5c6ccccc6n2c5c43)C(=O)N(c2cccc3ccccc23)C(=O)N1c1cccc2ccccc12. The third-order valence-electron chi connectivity index (χ3n) is 11.1. The van der Waals surface area contributed by atoms with E-state index in [1.165, 1.54) is 42.2 Å². The zero-order chi connectivity index (χ0) is 36.5. The number of imide groups is 2. The predicted molar refractivity (Wildman–Crippen MR) is 228 cm³/mol. The molecule has 0 atom stereocenters. The van der Waals surface area contributed by atoms with Crippen molar-refractivity contribution in [3.8, 4) is 0 Å². The van der Waals surface area contributed by atoms with Gasteiger partial charge in [-0.1, -0.05) is 121 Å². The van der Waals surface area contributed by atoms with Crippen molar-refractivity contribution in [2.75, 3.05) is 9.80 Å². The maximum atomic E-state index is 14.8. The van der Waals surface area contributed by atoms with Crippen molar-refractivity contribution in [3.05, 3.63) is 156 Å². The van der Waals surface area contributed by atoms with Crippen molar-refractivity contribution >= 4 is 137 Å². The molecule has 0 unspecified atom stereocenters. The van der Waals surface area contributed by atoms with Crippen LogP contribution in [0.3, 0.4) is 0 Å². The van der Waals surface area contributed by atoms with E-state index in [1.807, 2.05) is 78.2 Å². The first-order valence-corrected chi connectivity index (χ1v) is 19.7. The van der Waals surface area contributed by atoms with Crippen molar-refractivity contribution in [2.45, 2.75) is 0 Å². The van der Waals surface area contributed by atoms with Gasteiger partial charge in [0.2, 0.25) is 0 Å². The molecule has 12 rings (SSSR count). The first-order valence-electron chi connectivity index (χ1n) is 18.0. The van der Waals surface area contributed by atoms with Gasteiger partial charge >= 0.3 is 6.03 Å². The lowest BCUT2D eigenvalue weighted by Gasteiger charge is -2.35. The number of barbiturate groups is 1. The van der Waals surface area contributed by atoms with Crippen LogP contribution < -0.4 is 9.80 Å². The number of amides is 4. The summed E-state index contributed by atoms with van der Waals surface area (Å²) in [6, 6.07) is 45.1. The van der Waals surface area contributed by atoms with E-state index in [9.17, 15) is 14.4 Å². The first kappa shape index (κ1) is 30.6. The molecule has 0 N–H and O–H groups in total. The lowest BCUT2D eigenvalue weighted by molar-refractivity contribution is -0.121. The molecule has 1 saturated heterocycles. The lowest BCUT2D eigenvalue weighted by atomic mass is 10.00. The molecule has 6 nitrogen and oxygen atoms in total. The number of hydrogen-bond donors (Lipinski definition) is 0. The molecule has 0 saturated carbocycles. The summed E-state index contributed by atoms with van der Waals surface area (Å²) in [4.78, 5) is 47.7. The number of carbonyl (C=O) groups is 3. The summed E-state index contributed by atoms with van der Waals surface area (Å²) in [6.07, 6.45) is 1.70. The Bertz CT molecular complexity index is 3420. The van der Waals surface area contributed by atoms with Crippen LogP contribution in [0.2, 0.25) is 0 Å². The van der Waals surface area contributed by atoms with Crippen LogP contribution in [0.1, 0.15) is 5.56 Å². The van der Waals surface area contributed by atoms with E-state index >= 15 is 0 Å². The number of thiophene rings is 2. The summed E-state index contributed by atoms with van der Waals surface area (Å²) in [5.74, 6) is -1.31. The molecule has 258 valence electrons. The van der Waals surface area contributed by atoms with Gasteiger partial charge in [0.05, 0.1) is 31.8 Å². The Morgan fingerprint density at radius 3 is 1.78 bits per heavy atom. The van der Waals surface area contributed by atoms with Crippen molar-refractivity contribution in [1.82, 2.24) is 4.40 Å². The maximum absolute atomic E-state index is 14.8. The zero-order valence-corrected chi connectivity index (χ0v) is 30.4. The van der Waals surface area contributed by atoms with Crippen LogP contribution in [0.5, 0.6) is 0 Å². The van der Waals surface area contributed by atoms with Gasteiger partial charge in [0.15, 0.2) is 0 Å². The van der Waals surface area contributed by atoms with Crippen LogP contribution in [-0.2, 0) is 9.59 Å². The van der Waals surface area contributed by atoms with Gasteiger partial charge in [-0.2, -0.15) is 0 Å². The molecular weight excluding hydrogens is 719 g/mol. The minimum atomic E-state index is -0.712. The van der Waals surface area contributed by atoms with Crippen LogP contribution in [0.15, 0.2) is 150 Å². The largest absolute Gasteiger partial charge is 0.343 e. The number of pyridine rings is 1. The monoisotopic (exact) mass is 743 g/mol. The summed E-state index contributed by atoms with van der Waals surface area (Å²) in [5.41, 5.74) is 3.88. The number of carbonyl (C=O) groups excluding carboxylic acids is 3. The standard InChI is InChI=1S/C47H25N3O3S2/c51-44-35(45(52)50(37-21-9-13-27-11-2-4-16-31(27)37)47(53)49(44)36-20-8-12-26-10-1-3-15-30(26)36)24-29-25-54-43-40-34-18-7-14-28-22-23-33-32-17-5-6-19-38(32)48(41(33)39(28)34)46(40)55-42(29)43/h1-25H. The molecule has 0 bridgehead atoms. The average Bonchev–Trinajstić information content (AvgIpc) is 3.90. The summed E-state index contributed by atoms with van der Waals surface area (Å²) < 4.78 is 4.48. The summed E-state index contributed by atoms with van der Waals surface area (Å²) in [7, 11) is 0. The van der Waals surface area contributed by atoms with Crippen LogP contribution in [0.4, 0.5) is 16.2 Å². The number of rotatable bonds is 3. The molecule has 0 spiro atoms.